The van der Waals surface area contributed by atoms with Crippen LogP contribution in [0.4, 0.5) is 5.82 Å². The van der Waals surface area contributed by atoms with Crippen LogP contribution in [0.25, 0.3) is 0 Å². The molecule has 2 rings (SSSR count). The second-order valence-electron chi connectivity index (χ2n) is 5.73. The van der Waals surface area contributed by atoms with E-state index in [1.165, 1.54) is 0 Å². The molecule has 0 bridgehead atoms. The normalized spacial score (nSPS) is 22.9. The second-order valence-corrected chi connectivity index (χ2v) is 5.73. The van der Waals surface area contributed by atoms with Crippen molar-refractivity contribution in [3.63, 3.8) is 0 Å². The monoisotopic (exact) mass is 277 g/mol. The Morgan fingerprint density at radius 2 is 2.25 bits per heavy atom. The van der Waals surface area contributed by atoms with Crippen LogP contribution in [0.15, 0.2) is 18.3 Å². The lowest BCUT2D eigenvalue weighted by molar-refractivity contribution is 0.0881. The van der Waals surface area contributed by atoms with Crippen molar-refractivity contribution in [3.05, 3.63) is 23.9 Å². The summed E-state index contributed by atoms with van der Waals surface area (Å²) in [6, 6.07) is 4.96. The fourth-order valence-electron chi connectivity index (χ4n) is 2.95. The number of nitrogens with two attached hydrogens (primary N) is 1. The molecule has 0 aliphatic carbocycles. The summed E-state index contributed by atoms with van der Waals surface area (Å²) in [6.45, 7) is 6.48. The molecule has 1 aromatic heterocycles. The number of nitrogens with one attached hydrogen (secondary N) is 1. The smallest absolute Gasteiger partial charge is 0.126 e. The number of anilines is 1. The Hall–Kier alpha value is -1.17. The van der Waals surface area contributed by atoms with Crippen molar-refractivity contribution in [1.29, 1.82) is 0 Å². The van der Waals surface area contributed by atoms with Crippen LogP contribution < -0.4 is 11.1 Å². The van der Waals surface area contributed by atoms with Gasteiger partial charge in [-0.2, -0.15) is 0 Å². The summed E-state index contributed by atoms with van der Waals surface area (Å²) < 4.78 is 0. The molecule has 2 atom stereocenters. The van der Waals surface area contributed by atoms with Gasteiger partial charge in [-0.25, -0.2) is 4.98 Å². The molecule has 2 unspecified atom stereocenters. The van der Waals surface area contributed by atoms with Gasteiger partial charge >= 0.3 is 0 Å². The number of aromatic nitrogens is 1. The van der Waals surface area contributed by atoms with E-state index in [0.717, 1.165) is 38.2 Å². The molecule has 0 aromatic carbocycles. The van der Waals surface area contributed by atoms with Gasteiger partial charge in [0.05, 0.1) is 0 Å². The van der Waals surface area contributed by atoms with E-state index in [2.05, 4.69) is 47.2 Å². The molecular formula is C15H27N5. The quantitative estimate of drug-likeness (QED) is 0.817. The van der Waals surface area contributed by atoms with Gasteiger partial charge in [0.2, 0.25) is 0 Å². The Morgan fingerprint density at radius 1 is 1.45 bits per heavy atom. The van der Waals surface area contributed by atoms with E-state index >= 15 is 0 Å². The first-order valence-corrected chi connectivity index (χ1v) is 7.43. The fourth-order valence-corrected chi connectivity index (χ4v) is 2.95. The van der Waals surface area contributed by atoms with Gasteiger partial charge in [-0.1, -0.05) is 13.0 Å². The molecule has 0 radical (unpaired) electrons. The van der Waals surface area contributed by atoms with Crippen LogP contribution in [0.1, 0.15) is 12.5 Å². The molecule has 5 nitrogen and oxygen atoms in total. The summed E-state index contributed by atoms with van der Waals surface area (Å²) in [4.78, 5) is 9.06. The van der Waals surface area contributed by atoms with Gasteiger partial charge in [0, 0.05) is 37.9 Å². The highest BCUT2D eigenvalue weighted by Gasteiger charge is 2.29. The molecule has 5 heteroatoms. The molecule has 0 spiro atoms. The Labute approximate surface area is 122 Å². The van der Waals surface area contributed by atoms with Crippen molar-refractivity contribution >= 4 is 5.82 Å². The van der Waals surface area contributed by atoms with E-state index in [9.17, 15) is 0 Å². The Kier molecular flexibility index (Phi) is 5.34. The lowest BCUT2D eigenvalue weighted by Gasteiger charge is -2.42. The van der Waals surface area contributed by atoms with Crippen LogP contribution in [0, 0.1) is 0 Å². The van der Waals surface area contributed by atoms with E-state index in [0.29, 0.717) is 17.9 Å². The first-order chi connectivity index (χ1) is 9.61. The van der Waals surface area contributed by atoms with Gasteiger partial charge < -0.3 is 16.0 Å². The fraction of sp³-hybridized carbons (Fsp3) is 0.667. The predicted octanol–water partition coefficient (Wildman–Crippen LogP) is 0.430. The minimum Gasteiger partial charge on any atom is -0.383 e. The number of hydrogen-bond donors (Lipinski definition) is 2. The number of hydrogen-bond acceptors (Lipinski definition) is 5. The maximum absolute atomic E-state index is 5.99. The van der Waals surface area contributed by atoms with Crippen LogP contribution in [-0.2, 0) is 6.42 Å². The number of likely N-dealkylation sites (N-methyl/N-ethyl adjacent to an activating group) is 3. The Balaban J connectivity index is 2.11. The van der Waals surface area contributed by atoms with Gasteiger partial charge in [-0.05, 0) is 38.7 Å². The van der Waals surface area contributed by atoms with E-state index in [-0.39, 0.29) is 0 Å². The largest absolute Gasteiger partial charge is 0.383 e. The maximum atomic E-state index is 5.99. The zero-order valence-electron chi connectivity index (χ0n) is 12.8. The van der Waals surface area contributed by atoms with Crippen molar-refractivity contribution in [2.75, 3.05) is 46.0 Å². The first kappa shape index (κ1) is 15.2. The second kappa shape index (κ2) is 7.02. The molecule has 0 amide bonds. The molecule has 1 aliphatic heterocycles. The Morgan fingerprint density at radius 3 is 2.95 bits per heavy atom. The van der Waals surface area contributed by atoms with Gasteiger partial charge in [-0.3, -0.25) is 4.90 Å². The van der Waals surface area contributed by atoms with Crippen molar-refractivity contribution < 1.29 is 0 Å². The minimum atomic E-state index is 0.402. The van der Waals surface area contributed by atoms with Gasteiger partial charge in [0.25, 0.3) is 0 Å². The van der Waals surface area contributed by atoms with Crippen molar-refractivity contribution in [2.45, 2.75) is 25.4 Å². The number of nitrogens with zero attached hydrogens (tertiary/aromatic N) is 3. The zero-order chi connectivity index (χ0) is 14.5. The molecular weight excluding hydrogens is 250 g/mol. The average Bonchev–Trinajstić information content (AvgIpc) is 2.43. The van der Waals surface area contributed by atoms with Crippen LogP contribution >= 0.6 is 0 Å². The van der Waals surface area contributed by atoms with Crippen molar-refractivity contribution in [1.82, 2.24) is 20.1 Å². The van der Waals surface area contributed by atoms with Gasteiger partial charge in [-0.15, -0.1) is 0 Å². The summed E-state index contributed by atoms with van der Waals surface area (Å²) in [5.41, 5.74) is 7.13. The molecule has 3 N–H and O–H groups in total. The van der Waals surface area contributed by atoms with Crippen molar-refractivity contribution in [2.24, 2.45) is 0 Å². The zero-order valence-corrected chi connectivity index (χ0v) is 12.8. The summed E-state index contributed by atoms with van der Waals surface area (Å²) in [5.74, 6) is 0.655. The number of piperazine rings is 1. The summed E-state index contributed by atoms with van der Waals surface area (Å²) >= 11 is 0. The van der Waals surface area contributed by atoms with E-state index < -0.39 is 0 Å². The number of nitrogen functional groups attached to an aromatic ring is 1. The van der Waals surface area contributed by atoms with Crippen LogP contribution in [0.2, 0.25) is 0 Å². The molecule has 0 saturated carbocycles. The number of pyridine rings is 1. The molecule has 1 saturated heterocycles. The number of rotatable bonds is 5. The maximum Gasteiger partial charge on any atom is 0.126 e. The van der Waals surface area contributed by atoms with Crippen LogP contribution in [-0.4, -0.2) is 67.1 Å². The van der Waals surface area contributed by atoms with Crippen LogP contribution in [0.3, 0.4) is 0 Å². The predicted molar refractivity (Wildman–Crippen MR) is 83.7 cm³/mol. The summed E-state index contributed by atoms with van der Waals surface area (Å²) in [7, 11) is 4.41. The third-order valence-corrected chi connectivity index (χ3v) is 4.20. The SMILES string of the molecule is CCNC(Cc1cccnc1N)C1CN(C)CCN1C. The lowest BCUT2D eigenvalue weighted by atomic mass is 9.96. The van der Waals surface area contributed by atoms with Gasteiger partial charge in [0.1, 0.15) is 5.82 Å². The third-order valence-electron chi connectivity index (χ3n) is 4.20. The van der Waals surface area contributed by atoms with E-state index in [1.54, 1.807) is 6.20 Å². The topological polar surface area (TPSA) is 57.4 Å². The summed E-state index contributed by atoms with van der Waals surface area (Å²) in [6.07, 6.45) is 2.68. The van der Waals surface area contributed by atoms with Gasteiger partial charge in [0.15, 0.2) is 0 Å². The third kappa shape index (κ3) is 3.69. The highest BCUT2D eigenvalue weighted by molar-refractivity contribution is 5.39. The van der Waals surface area contributed by atoms with E-state index in [1.807, 2.05) is 6.07 Å². The highest BCUT2D eigenvalue weighted by Crippen LogP contribution is 2.17. The molecule has 1 aliphatic rings. The van der Waals surface area contributed by atoms with Crippen molar-refractivity contribution in [3.8, 4) is 0 Å². The standard InChI is InChI=1S/C15H27N5/c1-4-17-13(10-12-6-5-7-18-15(12)16)14-11-19(2)8-9-20(14)3/h5-7,13-14,17H,4,8-11H2,1-3H3,(H2,16,18). The average molecular weight is 277 g/mol. The molecule has 1 fully saturated rings. The highest BCUT2D eigenvalue weighted by atomic mass is 15.3. The first-order valence-electron chi connectivity index (χ1n) is 7.43. The van der Waals surface area contributed by atoms with Crippen LogP contribution in [0.5, 0.6) is 0 Å². The summed E-state index contributed by atoms with van der Waals surface area (Å²) in [5, 5.41) is 3.63. The Bertz CT molecular complexity index is 422. The minimum absolute atomic E-state index is 0.402. The molecule has 2 heterocycles. The molecule has 112 valence electrons. The molecule has 20 heavy (non-hydrogen) atoms. The lowest BCUT2D eigenvalue weighted by Crippen LogP contribution is -2.59. The van der Waals surface area contributed by atoms with E-state index in [4.69, 9.17) is 5.73 Å². The molecule has 1 aromatic rings.